The molecule has 3 heterocycles. The van der Waals surface area contributed by atoms with Crippen LogP contribution in [0.1, 0.15) is 29.1 Å². The molecular formula is C21H32Cl2N6O. The summed E-state index contributed by atoms with van der Waals surface area (Å²) < 4.78 is 2.00. The van der Waals surface area contributed by atoms with Crippen molar-refractivity contribution in [2.75, 3.05) is 57.3 Å². The number of benzene rings is 1. The molecule has 0 radical (unpaired) electrons. The van der Waals surface area contributed by atoms with Gasteiger partial charge in [-0.25, -0.2) is 4.98 Å². The van der Waals surface area contributed by atoms with Crippen molar-refractivity contribution in [1.82, 2.24) is 24.7 Å². The Morgan fingerprint density at radius 3 is 2.40 bits per heavy atom. The molecule has 0 saturated carbocycles. The lowest BCUT2D eigenvalue weighted by atomic mass is 10.1. The molecule has 2 aliphatic rings. The van der Waals surface area contributed by atoms with Gasteiger partial charge < -0.3 is 24.6 Å². The van der Waals surface area contributed by atoms with Crippen LogP contribution in [0.25, 0.3) is 0 Å². The minimum atomic E-state index is -0.0388. The van der Waals surface area contributed by atoms with E-state index < -0.39 is 0 Å². The number of rotatable bonds is 4. The summed E-state index contributed by atoms with van der Waals surface area (Å²) in [5.74, 6) is 1.00. The molecule has 1 amide bonds. The summed E-state index contributed by atoms with van der Waals surface area (Å²) in [6.07, 6.45) is 3.72. The summed E-state index contributed by atoms with van der Waals surface area (Å²) in [5, 5.41) is 3.39. The quantitative estimate of drug-likeness (QED) is 0.766. The van der Waals surface area contributed by atoms with Crippen molar-refractivity contribution < 1.29 is 4.79 Å². The number of anilines is 1. The molecule has 0 aliphatic carbocycles. The molecular weight excluding hydrogens is 423 g/mol. The van der Waals surface area contributed by atoms with Crippen molar-refractivity contribution in [3.8, 4) is 0 Å². The summed E-state index contributed by atoms with van der Waals surface area (Å²) in [4.78, 5) is 24.5. The lowest BCUT2D eigenvalue weighted by Crippen LogP contribution is -2.49. The van der Waals surface area contributed by atoms with Crippen LogP contribution in [0.5, 0.6) is 0 Å². The van der Waals surface area contributed by atoms with Crippen molar-refractivity contribution >= 4 is 36.4 Å². The second-order valence-electron chi connectivity index (χ2n) is 7.58. The zero-order valence-electron chi connectivity index (χ0n) is 17.7. The number of hydrogen-bond acceptors (Lipinski definition) is 5. The summed E-state index contributed by atoms with van der Waals surface area (Å²) in [7, 11) is 1.98. The van der Waals surface area contributed by atoms with Crippen LogP contribution in [0.2, 0.25) is 0 Å². The third-order valence-electron chi connectivity index (χ3n) is 5.96. The molecule has 2 fully saturated rings. The predicted molar refractivity (Wildman–Crippen MR) is 125 cm³/mol. The van der Waals surface area contributed by atoms with Gasteiger partial charge in [0.1, 0.15) is 11.9 Å². The van der Waals surface area contributed by atoms with Crippen LogP contribution in [0.4, 0.5) is 5.69 Å². The van der Waals surface area contributed by atoms with Crippen LogP contribution >= 0.6 is 24.8 Å². The van der Waals surface area contributed by atoms with Gasteiger partial charge in [0.2, 0.25) is 0 Å². The lowest BCUT2D eigenvalue weighted by molar-refractivity contribution is 0.0621. The topological polar surface area (TPSA) is 56.6 Å². The zero-order chi connectivity index (χ0) is 19.5. The van der Waals surface area contributed by atoms with Gasteiger partial charge in [0.05, 0.1) is 0 Å². The van der Waals surface area contributed by atoms with E-state index in [4.69, 9.17) is 0 Å². The van der Waals surface area contributed by atoms with E-state index in [0.29, 0.717) is 6.54 Å². The molecule has 1 atom stereocenters. The maximum Gasteiger partial charge on any atom is 0.254 e. The predicted octanol–water partition coefficient (Wildman–Crippen LogP) is 2.19. The van der Waals surface area contributed by atoms with Crippen molar-refractivity contribution in [3.05, 3.63) is 48.0 Å². The Bertz CT molecular complexity index is 804. The van der Waals surface area contributed by atoms with Crippen molar-refractivity contribution in [2.24, 2.45) is 7.05 Å². The Kier molecular flexibility index (Phi) is 8.97. The lowest BCUT2D eigenvalue weighted by Gasteiger charge is -2.36. The van der Waals surface area contributed by atoms with Gasteiger partial charge in [-0.3, -0.25) is 4.79 Å². The Hall–Kier alpha value is -1.80. The maximum atomic E-state index is 13.2. The van der Waals surface area contributed by atoms with E-state index in [9.17, 15) is 4.79 Å². The minimum absolute atomic E-state index is 0. The van der Waals surface area contributed by atoms with E-state index in [0.717, 1.165) is 57.2 Å². The molecule has 30 heavy (non-hydrogen) atoms. The van der Waals surface area contributed by atoms with Crippen LogP contribution < -0.4 is 10.2 Å². The second kappa shape index (κ2) is 11.0. The van der Waals surface area contributed by atoms with Crippen LogP contribution in [0.3, 0.4) is 0 Å². The first-order chi connectivity index (χ1) is 13.7. The van der Waals surface area contributed by atoms with E-state index in [1.807, 2.05) is 34.8 Å². The van der Waals surface area contributed by atoms with E-state index in [2.05, 4.69) is 39.2 Å². The van der Waals surface area contributed by atoms with E-state index in [1.165, 1.54) is 5.69 Å². The highest BCUT2D eigenvalue weighted by Crippen LogP contribution is 2.24. The molecule has 1 aromatic heterocycles. The van der Waals surface area contributed by atoms with Crippen LogP contribution in [0, 0.1) is 0 Å². The average Bonchev–Trinajstić information content (AvgIpc) is 3.19. The van der Waals surface area contributed by atoms with Gasteiger partial charge in [-0.15, -0.1) is 24.8 Å². The monoisotopic (exact) mass is 454 g/mol. The Morgan fingerprint density at radius 2 is 1.80 bits per heavy atom. The number of nitrogens with one attached hydrogen (secondary N) is 1. The number of aryl methyl sites for hydroxylation is 1. The van der Waals surface area contributed by atoms with E-state index >= 15 is 0 Å². The first-order valence-corrected chi connectivity index (χ1v) is 10.2. The first kappa shape index (κ1) is 24.5. The number of likely N-dealkylation sites (N-methyl/N-ethyl adjacent to an activating group) is 1. The molecule has 4 rings (SSSR count). The number of imidazole rings is 1. The SMILES string of the molecule is CCN1CCN(c2ccc(C(=O)N3CCNCC3c3nccn3C)cc2)CC1.Cl.Cl. The third-order valence-corrected chi connectivity index (χ3v) is 5.96. The number of carbonyl (C=O) groups excluding carboxylic acids is 1. The molecule has 2 aromatic rings. The van der Waals surface area contributed by atoms with E-state index in [-0.39, 0.29) is 36.8 Å². The molecule has 0 spiro atoms. The normalized spacial score (nSPS) is 19.7. The molecule has 9 heteroatoms. The highest BCUT2D eigenvalue weighted by Gasteiger charge is 2.31. The molecule has 2 aliphatic heterocycles. The van der Waals surface area contributed by atoms with Crippen molar-refractivity contribution in [2.45, 2.75) is 13.0 Å². The van der Waals surface area contributed by atoms with Gasteiger partial charge in [0, 0.05) is 76.5 Å². The average molecular weight is 455 g/mol. The number of amides is 1. The van der Waals surface area contributed by atoms with Crippen LogP contribution in [-0.2, 0) is 7.05 Å². The fraction of sp³-hybridized carbons (Fsp3) is 0.524. The van der Waals surface area contributed by atoms with Gasteiger partial charge in [-0.05, 0) is 30.8 Å². The Morgan fingerprint density at radius 1 is 1.10 bits per heavy atom. The molecule has 0 bridgehead atoms. The number of aromatic nitrogens is 2. The molecule has 166 valence electrons. The van der Waals surface area contributed by atoms with Gasteiger partial charge in [0.25, 0.3) is 5.91 Å². The number of nitrogens with zero attached hydrogens (tertiary/aromatic N) is 5. The van der Waals surface area contributed by atoms with Gasteiger partial charge in [-0.2, -0.15) is 0 Å². The fourth-order valence-corrected chi connectivity index (χ4v) is 4.18. The summed E-state index contributed by atoms with van der Waals surface area (Å²) >= 11 is 0. The van der Waals surface area contributed by atoms with Crippen molar-refractivity contribution in [1.29, 1.82) is 0 Å². The number of halogens is 2. The van der Waals surface area contributed by atoms with Crippen LogP contribution in [0.15, 0.2) is 36.7 Å². The van der Waals surface area contributed by atoms with E-state index in [1.54, 1.807) is 6.20 Å². The standard InChI is InChI=1S/C21H30N6O.2ClH/c1-3-25-12-14-26(15-13-25)18-6-4-17(5-7-18)21(28)27-11-8-22-16-19(27)20-23-9-10-24(20)2;;/h4-7,9-10,19,22H,3,8,11-16H2,1-2H3;2*1H. The molecule has 2 saturated heterocycles. The largest absolute Gasteiger partial charge is 0.369 e. The highest BCUT2D eigenvalue weighted by molar-refractivity contribution is 5.95. The molecule has 7 nitrogen and oxygen atoms in total. The van der Waals surface area contributed by atoms with Crippen molar-refractivity contribution in [3.63, 3.8) is 0 Å². The number of piperazine rings is 2. The number of carbonyl (C=O) groups is 1. The molecule has 1 unspecified atom stereocenters. The smallest absolute Gasteiger partial charge is 0.254 e. The summed E-state index contributed by atoms with van der Waals surface area (Å²) in [5.41, 5.74) is 1.95. The fourth-order valence-electron chi connectivity index (χ4n) is 4.18. The summed E-state index contributed by atoms with van der Waals surface area (Å²) in [6, 6.07) is 8.09. The maximum absolute atomic E-state index is 13.2. The second-order valence-corrected chi connectivity index (χ2v) is 7.58. The van der Waals surface area contributed by atoms with Crippen LogP contribution in [-0.4, -0.2) is 77.6 Å². The number of hydrogen-bond donors (Lipinski definition) is 1. The highest BCUT2D eigenvalue weighted by atomic mass is 35.5. The van der Waals surface area contributed by atoms with Gasteiger partial charge in [-0.1, -0.05) is 6.92 Å². The molecule has 1 N–H and O–H groups in total. The minimum Gasteiger partial charge on any atom is -0.369 e. The zero-order valence-corrected chi connectivity index (χ0v) is 19.3. The Labute approximate surface area is 191 Å². The Balaban J connectivity index is 0.00000160. The summed E-state index contributed by atoms with van der Waals surface area (Å²) in [6.45, 7) is 9.85. The third kappa shape index (κ3) is 5.09. The van der Waals surface area contributed by atoms with Gasteiger partial charge in [0.15, 0.2) is 0 Å². The van der Waals surface area contributed by atoms with Gasteiger partial charge >= 0.3 is 0 Å². The first-order valence-electron chi connectivity index (χ1n) is 10.2. The molecule has 1 aromatic carbocycles.